The molecule has 0 atom stereocenters. The monoisotopic (exact) mass is 287 g/mol. The molecule has 0 aliphatic carbocycles. The Morgan fingerprint density at radius 1 is 1.20 bits per heavy atom. The molecule has 0 fully saturated rings. The summed E-state index contributed by atoms with van der Waals surface area (Å²) in [7, 11) is 1.40. The molecule has 1 rings (SSSR count). The van der Waals surface area contributed by atoms with E-state index in [2.05, 4.69) is 5.32 Å². The number of benzene rings is 1. The highest BCUT2D eigenvalue weighted by molar-refractivity contribution is 6.50. The highest BCUT2D eigenvalue weighted by atomic mass is 35.5. The fraction of sp³-hybridized carbons (Fsp3) is 0.125. The first-order valence-electron chi connectivity index (χ1n) is 3.70. The summed E-state index contributed by atoms with van der Waals surface area (Å²) in [6, 6.07) is 1.34. The quantitative estimate of drug-likeness (QED) is 0.626. The molecule has 1 N–H and O–H groups in total. The molecule has 0 saturated carbocycles. The molecular weight excluding hydrogens is 284 g/mol. The van der Waals surface area contributed by atoms with E-state index in [-0.39, 0.29) is 25.8 Å². The van der Waals surface area contributed by atoms with Crippen LogP contribution in [0, 0.1) is 0 Å². The molecule has 3 nitrogen and oxygen atoms in total. The molecule has 0 spiro atoms. The Morgan fingerprint density at radius 2 is 1.80 bits per heavy atom. The van der Waals surface area contributed by atoms with Crippen LogP contribution in [0.2, 0.25) is 20.1 Å². The summed E-state index contributed by atoms with van der Waals surface area (Å²) in [6.45, 7) is 0. The van der Waals surface area contributed by atoms with Crippen molar-refractivity contribution in [2.24, 2.45) is 0 Å². The number of amides is 1. The number of carbonyl (C=O) groups excluding carboxylic acids is 1. The second kappa shape index (κ2) is 5.12. The van der Waals surface area contributed by atoms with Gasteiger partial charge in [0.2, 0.25) is 0 Å². The Hall–Kier alpha value is -0.350. The maximum Gasteiger partial charge on any atom is 0.412 e. The number of carbonyl (C=O) groups is 1. The Labute approximate surface area is 106 Å². The van der Waals surface area contributed by atoms with Crippen molar-refractivity contribution < 1.29 is 9.53 Å². The van der Waals surface area contributed by atoms with Gasteiger partial charge in [-0.2, -0.15) is 0 Å². The maximum absolute atomic E-state index is 11.0. The van der Waals surface area contributed by atoms with Crippen LogP contribution in [-0.4, -0.2) is 13.1 Å². The molecule has 0 aromatic heterocycles. The van der Waals surface area contributed by atoms with Crippen LogP contribution in [0.1, 0.15) is 0 Å². The molecule has 15 heavy (non-hydrogen) atoms. The summed E-state index contributed by atoms with van der Waals surface area (Å²) in [5, 5.41) is 2.63. The van der Waals surface area contributed by atoms with E-state index < -0.39 is 6.09 Å². The third kappa shape index (κ3) is 2.82. The lowest BCUT2D eigenvalue weighted by Crippen LogP contribution is -2.22. The molecule has 82 valence electrons. The van der Waals surface area contributed by atoms with Gasteiger partial charge in [0.1, 0.15) is 5.02 Å². The van der Waals surface area contributed by atoms with Gasteiger partial charge in [0.15, 0.2) is 5.75 Å². The molecule has 0 aliphatic heterocycles. The smallest absolute Gasteiger partial charge is 0.407 e. The van der Waals surface area contributed by atoms with Gasteiger partial charge in [0, 0.05) is 7.05 Å². The van der Waals surface area contributed by atoms with Gasteiger partial charge in [-0.05, 0) is 6.07 Å². The average Bonchev–Trinajstić information content (AvgIpc) is 2.21. The van der Waals surface area contributed by atoms with Gasteiger partial charge in [-0.3, -0.25) is 0 Å². The first-order chi connectivity index (χ1) is 6.97. The van der Waals surface area contributed by atoms with Crippen molar-refractivity contribution in [3.05, 3.63) is 26.2 Å². The Morgan fingerprint density at radius 3 is 2.33 bits per heavy atom. The van der Waals surface area contributed by atoms with Crippen LogP contribution in [0.15, 0.2) is 6.07 Å². The molecule has 0 heterocycles. The number of rotatable bonds is 1. The van der Waals surface area contributed by atoms with Crippen LogP contribution in [0.3, 0.4) is 0 Å². The van der Waals surface area contributed by atoms with Crippen LogP contribution >= 0.6 is 46.4 Å². The Kier molecular flexibility index (Phi) is 4.34. The summed E-state index contributed by atoms with van der Waals surface area (Å²) >= 11 is 23.0. The van der Waals surface area contributed by atoms with Crippen LogP contribution in [-0.2, 0) is 0 Å². The van der Waals surface area contributed by atoms with Crippen LogP contribution in [0.5, 0.6) is 5.75 Å². The molecule has 0 saturated heterocycles. The zero-order valence-corrected chi connectivity index (χ0v) is 10.4. The van der Waals surface area contributed by atoms with E-state index >= 15 is 0 Å². The predicted octanol–water partition coefficient (Wildman–Crippen LogP) is 4.02. The zero-order valence-electron chi connectivity index (χ0n) is 7.41. The number of ether oxygens (including phenoxy) is 1. The molecular formula is C8H5Cl4NO2. The highest BCUT2D eigenvalue weighted by Crippen LogP contribution is 2.42. The zero-order chi connectivity index (χ0) is 11.6. The maximum atomic E-state index is 11.0. The summed E-state index contributed by atoms with van der Waals surface area (Å²) < 4.78 is 4.80. The average molecular weight is 289 g/mol. The molecule has 0 aliphatic rings. The summed E-state index contributed by atoms with van der Waals surface area (Å²) in [4.78, 5) is 11.0. The minimum absolute atomic E-state index is 0.00207. The third-order valence-corrected chi connectivity index (χ3v) is 3.00. The molecule has 1 aromatic carbocycles. The summed E-state index contributed by atoms with van der Waals surface area (Å²) in [5.74, 6) is -0.0212. The van der Waals surface area contributed by atoms with Crippen LogP contribution in [0.4, 0.5) is 4.79 Å². The van der Waals surface area contributed by atoms with Gasteiger partial charge in [0.05, 0.1) is 15.1 Å². The molecule has 1 aromatic rings. The largest absolute Gasteiger partial charge is 0.412 e. The van der Waals surface area contributed by atoms with Gasteiger partial charge >= 0.3 is 6.09 Å². The standard InChI is InChI=1S/C8H5Cl4NO2/c1-13-8(14)15-7-4(10)2-3(9)5(11)6(7)12/h2H,1H3,(H,13,14). The molecule has 1 amide bonds. The van der Waals surface area contributed by atoms with E-state index in [0.29, 0.717) is 0 Å². The van der Waals surface area contributed by atoms with Crippen molar-refractivity contribution in [3.63, 3.8) is 0 Å². The van der Waals surface area contributed by atoms with Crippen LogP contribution < -0.4 is 10.1 Å². The second-order valence-electron chi connectivity index (χ2n) is 2.44. The van der Waals surface area contributed by atoms with Gasteiger partial charge in [0.25, 0.3) is 0 Å². The van der Waals surface area contributed by atoms with Gasteiger partial charge < -0.3 is 10.1 Å². The minimum Gasteiger partial charge on any atom is -0.407 e. The van der Waals surface area contributed by atoms with E-state index in [9.17, 15) is 4.79 Å². The lowest BCUT2D eigenvalue weighted by atomic mass is 10.3. The lowest BCUT2D eigenvalue weighted by molar-refractivity contribution is 0.203. The van der Waals surface area contributed by atoms with Gasteiger partial charge in [-0.1, -0.05) is 46.4 Å². The van der Waals surface area contributed by atoms with E-state index in [1.165, 1.54) is 13.1 Å². The van der Waals surface area contributed by atoms with Crippen molar-refractivity contribution >= 4 is 52.5 Å². The van der Waals surface area contributed by atoms with E-state index in [1.54, 1.807) is 0 Å². The van der Waals surface area contributed by atoms with Crippen molar-refractivity contribution in [1.29, 1.82) is 0 Å². The number of halogens is 4. The van der Waals surface area contributed by atoms with Gasteiger partial charge in [-0.25, -0.2) is 4.79 Å². The normalized spacial score (nSPS) is 9.93. The first kappa shape index (κ1) is 12.7. The first-order valence-corrected chi connectivity index (χ1v) is 5.21. The van der Waals surface area contributed by atoms with Crippen molar-refractivity contribution in [2.75, 3.05) is 7.05 Å². The lowest BCUT2D eigenvalue weighted by Gasteiger charge is -2.09. The number of hydrogen-bond acceptors (Lipinski definition) is 2. The third-order valence-electron chi connectivity index (χ3n) is 1.47. The van der Waals surface area contributed by atoms with Crippen molar-refractivity contribution in [1.82, 2.24) is 5.32 Å². The molecule has 0 unspecified atom stereocenters. The molecule has 0 bridgehead atoms. The topological polar surface area (TPSA) is 38.3 Å². The van der Waals surface area contributed by atoms with Crippen molar-refractivity contribution in [2.45, 2.75) is 0 Å². The van der Waals surface area contributed by atoms with E-state index in [4.69, 9.17) is 51.1 Å². The predicted molar refractivity (Wildman–Crippen MR) is 61.6 cm³/mol. The second-order valence-corrected chi connectivity index (χ2v) is 4.01. The Bertz CT molecular complexity index is 408. The van der Waals surface area contributed by atoms with Crippen LogP contribution in [0.25, 0.3) is 0 Å². The van der Waals surface area contributed by atoms with E-state index in [1.807, 2.05) is 0 Å². The summed E-state index contributed by atoms with van der Waals surface area (Å²) in [5.41, 5.74) is 0. The number of nitrogens with one attached hydrogen (secondary N) is 1. The fourth-order valence-electron chi connectivity index (χ4n) is 0.787. The minimum atomic E-state index is -0.697. The highest BCUT2D eigenvalue weighted by Gasteiger charge is 2.17. The fourth-order valence-corrected chi connectivity index (χ4v) is 1.77. The van der Waals surface area contributed by atoms with Gasteiger partial charge in [-0.15, -0.1) is 0 Å². The SMILES string of the molecule is CNC(=O)Oc1c(Cl)cc(Cl)c(Cl)c1Cl. The van der Waals surface area contributed by atoms with E-state index in [0.717, 1.165) is 0 Å². The molecule has 0 radical (unpaired) electrons. The number of hydrogen-bond donors (Lipinski definition) is 1. The Balaban J connectivity index is 3.18. The molecule has 7 heteroatoms. The summed E-state index contributed by atoms with van der Waals surface area (Å²) in [6.07, 6.45) is -0.697. The van der Waals surface area contributed by atoms with Crippen molar-refractivity contribution in [3.8, 4) is 5.75 Å².